The highest BCUT2D eigenvalue weighted by molar-refractivity contribution is 7.89. The molecule has 11 heteroatoms. The average Bonchev–Trinajstić information content (AvgIpc) is 2.95. The molecule has 2 N–H and O–H groups in total. The molecule has 0 aromatic heterocycles. The highest BCUT2D eigenvalue weighted by Crippen LogP contribution is 2.26. The Morgan fingerprint density at radius 3 is 2.08 bits per heavy atom. The highest BCUT2D eigenvalue weighted by Gasteiger charge is 2.37. The second-order valence-corrected chi connectivity index (χ2v) is 11.1. The number of hydrogen-bond donors (Lipinski definition) is 2. The van der Waals surface area contributed by atoms with Gasteiger partial charge in [-0.2, -0.15) is 0 Å². The number of alkyl carbamates (subject to hydrolysis) is 1. The van der Waals surface area contributed by atoms with Gasteiger partial charge in [0.25, 0.3) is 10.0 Å². The van der Waals surface area contributed by atoms with Crippen molar-refractivity contribution in [2.45, 2.75) is 37.8 Å². The van der Waals surface area contributed by atoms with E-state index in [0.29, 0.717) is 10.2 Å². The minimum atomic E-state index is -4.38. The lowest BCUT2D eigenvalue weighted by molar-refractivity contribution is -0.165. The SMILES string of the molecule is COc1ccc(-c2ccc(S(=O)(=O)N(OCC(C)C)[C@H](CCNC(=O)OCc3ccccc3)C(=O)O)cc2)cc1. The highest BCUT2D eigenvalue weighted by atomic mass is 32.2. The maximum Gasteiger partial charge on any atom is 0.407 e. The number of rotatable bonds is 14. The molecular formula is C29H34N2O8S. The molecule has 0 unspecified atom stereocenters. The van der Waals surface area contributed by atoms with Gasteiger partial charge in [0.1, 0.15) is 12.4 Å². The van der Waals surface area contributed by atoms with Crippen LogP contribution in [0.5, 0.6) is 5.75 Å². The number of carbonyl (C=O) groups is 2. The fourth-order valence-corrected chi connectivity index (χ4v) is 5.08. The number of carboxylic acids is 1. The van der Waals surface area contributed by atoms with Crippen LogP contribution in [-0.2, 0) is 31.0 Å². The van der Waals surface area contributed by atoms with E-state index >= 15 is 0 Å². The Bertz CT molecular complexity index is 1350. The number of carbonyl (C=O) groups excluding carboxylic acids is 1. The fraction of sp³-hybridized carbons (Fsp3) is 0.310. The van der Waals surface area contributed by atoms with Gasteiger partial charge >= 0.3 is 12.1 Å². The molecule has 0 aliphatic rings. The molecule has 0 aliphatic carbocycles. The lowest BCUT2D eigenvalue weighted by atomic mass is 10.1. The molecule has 0 fully saturated rings. The van der Waals surface area contributed by atoms with Crippen LogP contribution in [0.25, 0.3) is 11.1 Å². The van der Waals surface area contributed by atoms with Crippen molar-refractivity contribution in [2.24, 2.45) is 5.92 Å². The van der Waals surface area contributed by atoms with E-state index in [2.05, 4.69) is 5.32 Å². The standard InChI is InChI=1S/C29H34N2O8S/c1-21(2)19-39-31(27(28(32)33)17-18-30-29(34)38-20-22-7-5-4-6-8-22)40(35,36)26-15-11-24(12-16-26)23-9-13-25(37-3)14-10-23/h4-16,21,27H,17-20H2,1-3H3,(H,30,34)(H,32,33)/t27-/m1/s1. The minimum Gasteiger partial charge on any atom is -0.497 e. The third-order valence-corrected chi connectivity index (χ3v) is 7.49. The van der Waals surface area contributed by atoms with Crippen LogP contribution in [0.15, 0.2) is 83.8 Å². The number of nitrogens with one attached hydrogen (secondary N) is 1. The smallest absolute Gasteiger partial charge is 0.407 e. The Morgan fingerprint density at radius 1 is 0.925 bits per heavy atom. The molecule has 214 valence electrons. The average molecular weight is 571 g/mol. The third-order valence-electron chi connectivity index (χ3n) is 5.79. The summed E-state index contributed by atoms with van der Waals surface area (Å²) in [5.74, 6) is -0.795. The molecule has 0 saturated heterocycles. The van der Waals surface area contributed by atoms with Gasteiger partial charge in [0.15, 0.2) is 6.04 Å². The van der Waals surface area contributed by atoms with Crippen molar-refractivity contribution in [1.29, 1.82) is 0 Å². The van der Waals surface area contributed by atoms with Crippen LogP contribution >= 0.6 is 0 Å². The van der Waals surface area contributed by atoms with E-state index in [9.17, 15) is 23.1 Å². The Balaban J connectivity index is 1.73. The maximum absolute atomic E-state index is 13.6. The summed E-state index contributed by atoms with van der Waals surface area (Å²) in [4.78, 5) is 29.7. The number of amides is 1. The van der Waals surface area contributed by atoms with Crippen molar-refractivity contribution in [1.82, 2.24) is 9.79 Å². The topological polar surface area (TPSA) is 131 Å². The molecule has 3 rings (SSSR count). The molecule has 0 aliphatic heterocycles. The fourth-order valence-electron chi connectivity index (χ4n) is 3.66. The summed E-state index contributed by atoms with van der Waals surface area (Å²) in [6.45, 7) is 3.49. The molecule has 0 spiro atoms. The molecule has 10 nitrogen and oxygen atoms in total. The van der Waals surface area contributed by atoms with E-state index in [1.165, 1.54) is 12.1 Å². The Hall–Kier alpha value is -3.93. The molecule has 0 saturated carbocycles. The first-order chi connectivity index (χ1) is 19.1. The number of carboxylic acid groups (broad SMARTS) is 1. The van der Waals surface area contributed by atoms with Gasteiger partial charge in [-0.25, -0.2) is 13.2 Å². The van der Waals surface area contributed by atoms with Crippen LogP contribution in [0.3, 0.4) is 0 Å². The van der Waals surface area contributed by atoms with Gasteiger partial charge in [-0.15, -0.1) is 0 Å². The van der Waals surface area contributed by atoms with E-state index in [1.807, 2.05) is 44.2 Å². The summed E-state index contributed by atoms with van der Waals surface area (Å²) in [7, 11) is -2.81. The first kappa shape index (κ1) is 30.6. The normalized spacial score (nSPS) is 12.2. The Morgan fingerprint density at radius 2 is 1.52 bits per heavy atom. The van der Waals surface area contributed by atoms with E-state index in [0.717, 1.165) is 16.7 Å². The van der Waals surface area contributed by atoms with Crippen molar-refractivity contribution in [3.63, 3.8) is 0 Å². The third kappa shape index (κ3) is 8.54. The van der Waals surface area contributed by atoms with Crippen LogP contribution in [0, 0.1) is 5.92 Å². The predicted octanol–water partition coefficient (Wildman–Crippen LogP) is 4.71. The van der Waals surface area contributed by atoms with Gasteiger partial charge in [0.2, 0.25) is 0 Å². The first-order valence-corrected chi connectivity index (χ1v) is 14.1. The van der Waals surface area contributed by atoms with Crippen LogP contribution in [0.1, 0.15) is 25.8 Å². The molecule has 0 bridgehead atoms. The molecule has 1 atom stereocenters. The zero-order valence-electron chi connectivity index (χ0n) is 22.6. The van der Waals surface area contributed by atoms with E-state index < -0.39 is 28.1 Å². The zero-order chi connectivity index (χ0) is 29.1. The van der Waals surface area contributed by atoms with Crippen LogP contribution < -0.4 is 10.1 Å². The number of benzene rings is 3. The number of hydrogen-bond acceptors (Lipinski definition) is 7. The van der Waals surface area contributed by atoms with Crippen molar-refractivity contribution in [3.05, 3.63) is 84.4 Å². The monoisotopic (exact) mass is 570 g/mol. The quantitative estimate of drug-likeness (QED) is 0.267. The summed E-state index contributed by atoms with van der Waals surface area (Å²) >= 11 is 0. The molecular weight excluding hydrogens is 536 g/mol. The number of sulfonamides is 1. The maximum atomic E-state index is 13.6. The van der Waals surface area contributed by atoms with Crippen molar-refractivity contribution >= 4 is 22.1 Å². The number of ether oxygens (including phenoxy) is 2. The zero-order valence-corrected chi connectivity index (χ0v) is 23.5. The molecule has 0 heterocycles. The van der Waals surface area contributed by atoms with E-state index in [4.69, 9.17) is 14.3 Å². The Labute approximate surface area is 234 Å². The van der Waals surface area contributed by atoms with Gasteiger partial charge in [-0.05, 0) is 53.3 Å². The second-order valence-electron chi connectivity index (χ2n) is 9.33. The van der Waals surface area contributed by atoms with Gasteiger partial charge < -0.3 is 19.9 Å². The van der Waals surface area contributed by atoms with Crippen molar-refractivity contribution < 1.29 is 37.4 Å². The van der Waals surface area contributed by atoms with E-state index in [1.54, 1.807) is 43.5 Å². The first-order valence-electron chi connectivity index (χ1n) is 12.7. The van der Waals surface area contributed by atoms with Crippen LogP contribution in [0.4, 0.5) is 4.79 Å². The van der Waals surface area contributed by atoms with Gasteiger partial charge in [0.05, 0.1) is 18.6 Å². The minimum absolute atomic E-state index is 0.0283. The van der Waals surface area contributed by atoms with E-state index in [-0.39, 0.29) is 37.0 Å². The second kappa shape index (κ2) is 14.5. The summed E-state index contributed by atoms with van der Waals surface area (Å²) < 4.78 is 38.0. The summed E-state index contributed by atoms with van der Waals surface area (Å²) in [5.41, 5.74) is 2.41. The summed E-state index contributed by atoms with van der Waals surface area (Å²) in [6.07, 6.45) is -1.00. The van der Waals surface area contributed by atoms with Gasteiger partial charge in [-0.1, -0.05) is 72.9 Å². The summed E-state index contributed by atoms with van der Waals surface area (Å²) in [5, 5.41) is 12.4. The van der Waals surface area contributed by atoms with Crippen LogP contribution in [-0.4, -0.2) is 56.4 Å². The van der Waals surface area contributed by atoms with Crippen molar-refractivity contribution in [3.8, 4) is 16.9 Å². The molecule has 3 aromatic rings. The lowest BCUT2D eigenvalue weighted by Gasteiger charge is -2.28. The molecule has 40 heavy (non-hydrogen) atoms. The van der Waals surface area contributed by atoms with Gasteiger partial charge in [-0.3, -0.25) is 9.63 Å². The van der Waals surface area contributed by atoms with Crippen molar-refractivity contribution in [2.75, 3.05) is 20.3 Å². The van der Waals surface area contributed by atoms with Gasteiger partial charge in [0, 0.05) is 6.54 Å². The number of hydroxylamine groups is 1. The lowest BCUT2D eigenvalue weighted by Crippen LogP contribution is -2.47. The molecule has 0 radical (unpaired) electrons. The number of methoxy groups -OCH3 is 1. The molecule has 3 aromatic carbocycles. The number of nitrogens with zero attached hydrogens (tertiary/aromatic N) is 1. The van der Waals surface area contributed by atoms with Crippen LogP contribution in [0.2, 0.25) is 0 Å². The predicted molar refractivity (Wildman–Crippen MR) is 149 cm³/mol. The Kier molecular flexibility index (Phi) is 11.1. The number of aliphatic carboxylic acids is 1. The summed E-state index contributed by atoms with van der Waals surface area (Å²) in [6, 6.07) is 20.8. The molecule has 1 amide bonds. The largest absolute Gasteiger partial charge is 0.497 e.